The van der Waals surface area contributed by atoms with Gasteiger partial charge in [0.2, 0.25) is 0 Å². The van der Waals surface area contributed by atoms with Crippen LogP contribution in [0, 0.1) is 0 Å². The zero-order valence-corrected chi connectivity index (χ0v) is 14.6. The molecular weight excluding hydrogens is 338 g/mol. The summed E-state index contributed by atoms with van der Waals surface area (Å²) in [6.45, 7) is 2.97. The van der Waals surface area contributed by atoms with Gasteiger partial charge in [-0.2, -0.15) is 0 Å². The van der Waals surface area contributed by atoms with Gasteiger partial charge in [-0.15, -0.1) is 0 Å². The van der Waals surface area contributed by atoms with Gasteiger partial charge in [0.15, 0.2) is 11.3 Å². The summed E-state index contributed by atoms with van der Waals surface area (Å²) in [6, 6.07) is 15.1. The van der Waals surface area contributed by atoms with E-state index in [0.29, 0.717) is 19.7 Å². The molecule has 0 radical (unpaired) electrons. The molecule has 3 aromatic rings. The number of aliphatic hydroxyl groups excluding tert-OH is 1. The van der Waals surface area contributed by atoms with Gasteiger partial charge in [-0.3, -0.25) is 4.79 Å². The number of fused-ring (bicyclic) bond motifs is 2. The lowest BCUT2D eigenvalue weighted by molar-refractivity contribution is -0.134. The summed E-state index contributed by atoms with van der Waals surface area (Å²) >= 11 is 0. The second kappa shape index (κ2) is 10.3. The SMILES string of the molecule is CC(=O)O.OC(CNCCOc1cc2ccc1o2)COc1ccccc1. The zero-order valence-electron chi connectivity index (χ0n) is 14.6. The van der Waals surface area contributed by atoms with Crippen LogP contribution >= 0.6 is 0 Å². The van der Waals surface area contributed by atoms with Gasteiger partial charge in [0, 0.05) is 26.1 Å². The fourth-order valence-electron chi connectivity index (χ4n) is 2.15. The lowest BCUT2D eigenvalue weighted by atomic mass is 10.3. The van der Waals surface area contributed by atoms with E-state index in [1.807, 2.05) is 48.5 Å². The molecule has 0 amide bonds. The van der Waals surface area contributed by atoms with Gasteiger partial charge in [0.1, 0.15) is 30.7 Å². The molecule has 1 aromatic carbocycles. The van der Waals surface area contributed by atoms with Crippen LogP contribution in [0.25, 0.3) is 11.2 Å². The molecule has 0 saturated heterocycles. The first kappa shape index (κ1) is 19.6. The minimum atomic E-state index is -0.833. The Labute approximate surface area is 151 Å². The highest BCUT2D eigenvalue weighted by Gasteiger charge is 2.08. The van der Waals surface area contributed by atoms with E-state index in [0.717, 1.165) is 29.6 Å². The molecule has 0 aliphatic heterocycles. The molecule has 2 aromatic heterocycles. The van der Waals surface area contributed by atoms with Crippen LogP contribution < -0.4 is 14.8 Å². The highest BCUT2D eigenvalue weighted by atomic mass is 16.5. The van der Waals surface area contributed by atoms with Crippen molar-refractivity contribution >= 4 is 17.1 Å². The van der Waals surface area contributed by atoms with Crippen molar-refractivity contribution < 1.29 is 28.9 Å². The first-order valence-corrected chi connectivity index (χ1v) is 8.25. The molecule has 1 unspecified atom stereocenters. The number of nitrogens with one attached hydrogen (secondary N) is 1. The molecule has 7 heteroatoms. The molecular formula is C19H23NO6. The van der Waals surface area contributed by atoms with E-state index in [9.17, 15) is 5.11 Å². The Morgan fingerprint density at radius 2 is 1.92 bits per heavy atom. The van der Waals surface area contributed by atoms with Gasteiger partial charge in [0.25, 0.3) is 5.97 Å². The Kier molecular flexibility index (Phi) is 7.73. The molecule has 2 bridgehead atoms. The standard InChI is InChI=1S/C17H19NO4.C2H4O2/c19-13(12-21-14-4-2-1-3-5-14)11-18-8-9-20-17-10-15-6-7-16(17)22-15;1-2(3)4/h1-7,10,13,18-19H,8-9,11-12H2;1H3,(H,3,4). The molecule has 3 N–H and O–H groups in total. The van der Waals surface area contributed by atoms with Crippen molar-refractivity contribution in [3.8, 4) is 11.5 Å². The van der Waals surface area contributed by atoms with Crippen molar-refractivity contribution in [2.24, 2.45) is 0 Å². The number of rotatable bonds is 9. The normalized spacial score (nSPS) is 11.6. The lowest BCUT2D eigenvalue weighted by Crippen LogP contribution is -2.33. The highest BCUT2D eigenvalue weighted by Crippen LogP contribution is 2.28. The largest absolute Gasteiger partial charge is 0.491 e. The number of carboxylic acids is 1. The molecule has 0 spiro atoms. The van der Waals surface area contributed by atoms with Crippen molar-refractivity contribution in [2.75, 3.05) is 26.3 Å². The Hall–Kier alpha value is -2.77. The minimum Gasteiger partial charge on any atom is -0.491 e. The molecule has 0 fully saturated rings. The quantitative estimate of drug-likeness (QED) is 0.503. The second-order valence-corrected chi connectivity index (χ2v) is 5.56. The number of ether oxygens (including phenoxy) is 2. The van der Waals surface area contributed by atoms with Crippen molar-refractivity contribution in [1.29, 1.82) is 0 Å². The Morgan fingerprint density at radius 1 is 1.19 bits per heavy atom. The van der Waals surface area contributed by atoms with Crippen LogP contribution in [-0.2, 0) is 4.79 Å². The first-order chi connectivity index (χ1) is 12.5. The number of hydrogen-bond donors (Lipinski definition) is 3. The van der Waals surface area contributed by atoms with Crippen molar-refractivity contribution in [1.82, 2.24) is 5.32 Å². The summed E-state index contributed by atoms with van der Waals surface area (Å²) in [5.74, 6) is 0.697. The second-order valence-electron chi connectivity index (χ2n) is 5.56. The molecule has 0 saturated carbocycles. The average Bonchev–Trinajstić information content (AvgIpc) is 3.23. The first-order valence-electron chi connectivity index (χ1n) is 8.25. The fourth-order valence-corrected chi connectivity index (χ4v) is 2.15. The summed E-state index contributed by atoms with van der Waals surface area (Å²) < 4.78 is 16.5. The van der Waals surface area contributed by atoms with Gasteiger partial charge < -0.3 is 29.4 Å². The Bertz CT molecular complexity index is 753. The third kappa shape index (κ3) is 7.00. The number of carbonyl (C=O) groups is 1. The van der Waals surface area contributed by atoms with Gasteiger partial charge in [-0.25, -0.2) is 0 Å². The number of benzene rings is 2. The molecule has 2 heterocycles. The van der Waals surface area contributed by atoms with Crippen LogP contribution in [-0.4, -0.2) is 48.6 Å². The topological polar surface area (TPSA) is 101 Å². The molecule has 7 nitrogen and oxygen atoms in total. The lowest BCUT2D eigenvalue weighted by Gasteiger charge is -2.13. The average molecular weight is 361 g/mol. The van der Waals surface area contributed by atoms with E-state index in [1.54, 1.807) is 0 Å². The number of hydrogen-bond acceptors (Lipinski definition) is 6. The third-order valence-electron chi connectivity index (χ3n) is 3.24. The van der Waals surface area contributed by atoms with E-state index in [-0.39, 0.29) is 6.61 Å². The van der Waals surface area contributed by atoms with Crippen LogP contribution in [0.2, 0.25) is 0 Å². The van der Waals surface area contributed by atoms with Crippen LogP contribution in [0.3, 0.4) is 0 Å². The van der Waals surface area contributed by atoms with E-state index in [2.05, 4.69) is 5.32 Å². The molecule has 26 heavy (non-hydrogen) atoms. The predicted molar refractivity (Wildman–Crippen MR) is 97.0 cm³/mol. The van der Waals surface area contributed by atoms with Gasteiger partial charge in [-0.05, 0) is 24.3 Å². The number of carboxylic acid groups (broad SMARTS) is 1. The van der Waals surface area contributed by atoms with Crippen LogP contribution in [0.4, 0.5) is 0 Å². The summed E-state index contributed by atoms with van der Waals surface area (Å²) in [4.78, 5) is 9.00. The molecule has 3 rings (SSSR count). The summed E-state index contributed by atoms with van der Waals surface area (Å²) in [5, 5.41) is 20.4. The van der Waals surface area contributed by atoms with Gasteiger partial charge in [-0.1, -0.05) is 18.2 Å². The summed E-state index contributed by atoms with van der Waals surface area (Å²) in [5.41, 5.74) is 1.60. The molecule has 0 aliphatic carbocycles. The Morgan fingerprint density at radius 3 is 2.54 bits per heavy atom. The maximum Gasteiger partial charge on any atom is 0.300 e. The van der Waals surface area contributed by atoms with E-state index >= 15 is 0 Å². The van der Waals surface area contributed by atoms with Gasteiger partial charge >= 0.3 is 0 Å². The Balaban J connectivity index is 0.000000552. The van der Waals surface area contributed by atoms with Crippen molar-refractivity contribution in [2.45, 2.75) is 13.0 Å². The van der Waals surface area contributed by atoms with Gasteiger partial charge in [0.05, 0.1) is 0 Å². The minimum absolute atomic E-state index is 0.262. The summed E-state index contributed by atoms with van der Waals surface area (Å²) in [7, 11) is 0. The predicted octanol–water partition coefficient (Wildman–Crippen LogP) is 2.37. The number of aliphatic carboxylic acids is 1. The third-order valence-corrected chi connectivity index (χ3v) is 3.24. The number of aliphatic hydroxyl groups is 1. The van der Waals surface area contributed by atoms with Crippen LogP contribution in [0.5, 0.6) is 11.5 Å². The maximum atomic E-state index is 9.83. The molecule has 140 valence electrons. The highest BCUT2D eigenvalue weighted by molar-refractivity contribution is 5.69. The molecule has 0 aliphatic rings. The monoisotopic (exact) mass is 361 g/mol. The number of furan rings is 2. The van der Waals surface area contributed by atoms with Crippen LogP contribution in [0.1, 0.15) is 6.92 Å². The fraction of sp³-hybridized carbons (Fsp3) is 0.316. The van der Waals surface area contributed by atoms with Crippen LogP contribution in [0.15, 0.2) is 52.9 Å². The number of para-hydroxylation sites is 1. The van der Waals surface area contributed by atoms with E-state index in [1.165, 1.54) is 0 Å². The maximum absolute atomic E-state index is 9.83. The van der Waals surface area contributed by atoms with E-state index < -0.39 is 12.1 Å². The summed E-state index contributed by atoms with van der Waals surface area (Å²) in [6.07, 6.45) is -0.557. The molecule has 1 atom stereocenters. The van der Waals surface area contributed by atoms with E-state index in [4.69, 9.17) is 23.8 Å². The van der Waals surface area contributed by atoms with Crippen molar-refractivity contribution in [3.05, 3.63) is 48.5 Å². The zero-order chi connectivity index (χ0) is 18.8. The smallest absolute Gasteiger partial charge is 0.300 e. The van der Waals surface area contributed by atoms with Crippen molar-refractivity contribution in [3.63, 3.8) is 0 Å².